The summed E-state index contributed by atoms with van der Waals surface area (Å²) in [6, 6.07) is 0. The van der Waals surface area contributed by atoms with Gasteiger partial charge in [-0.25, -0.2) is 13.2 Å². The molecule has 0 unspecified atom stereocenters. The predicted molar refractivity (Wildman–Crippen MR) is 113 cm³/mol. The molecule has 1 rings (SSSR count). The van der Waals surface area contributed by atoms with Crippen molar-refractivity contribution in [3.63, 3.8) is 0 Å². The van der Waals surface area contributed by atoms with E-state index in [9.17, 15) is 31.5 Å². The second kappa shape index (κ2) is 14.2. The van der Waals surface area contributed by atoms with E-state index >= 15 is 0 Å². The van der Waals surface area contributed by atoms with Gasteiger partial charge in [-0.3, -0.25) is 9.59 Å². The Bertz CT molecular complexity index is 765. The number of carbonyl (C=O) groups is 2. The van der Waals surface area contributed by atoms with E-state index in [4.69, 9.17) is 4.74 Å². The first kappa shape index (κ1) is 28.8. The molecule has 0 fully saturated rings. The van der Waals surface area contributed by atoms with Gasteiger partial charge >= 0.3 is 11.9 Å². The fraction of sp³-hybridized carbons (Fsp3) is 0.667. The molecule has 0 saturated carbocycles. The summed E-state index contributed by atoms with van der Waals surface area (Å²) in [5, 5.41) is 0. The van der Waals surface area contributed by atoms with Gasteiger partial charge in [0.1, 0.15) is 0 Å². The van der Waals surface area contributed by atoms with Gasteiger partial charge in [0.2, 0.25) is 34.8 Å². The monoisotopic (exact) mass is 480 g/mol. The van der Waals surface area contributed by atoms with Crippen molar-refractivity contribution in [3.8, 4) is 5.75 Å². The van der Waals surface area contributed by atoms with E-state index in [0.717, 1.165) is 25.7 Å². The van der Waals surface area contributed by atoms with Gasteiger partial charge in [-0.1, -0.05) is 72.1 Å². The zero-order chi connectivity index (χ0) is 25.0. The van der Waals surface area contributed by atoms with Crippen molar-refractivity contribution >= 4 is 11.9 Å². The summed E-state index contributed by atoms with van der Waals surface area (Å²) in [5.74, 6) is -15.6. The van der Waals surface area contributed by atoms with Crippen LogP contribution in [0.1, 0.15) is 91.4 Å². The van der Waals surface area contributed by atoms with Crippen molar-refractivity contribution in [1.82, 2.24) is 0 Å². The summed E-state index contributed by atoms with van der Waals surface area (Å²) >= 11 is 0. The normalized spacial score (nSPS) is 11.5. The third-order valence-electron chi connectivity index (χ3n) is 5.83. The Balaban J connectivity index is 2.69. The van der Waals surface area contributed by atoms with Crippen LogP contribution in [-0.4, -0.2) is 18.5 Å². The molecule has 0 aromatic heterocycles. The van der Waals surface area contributed by atoms with Crippen molar-refractivity contribution in [2.24, 2.45) is 5.41 Å². The standard InChI is InChI=1S/C24H33F5O4/c1-4-7-8-9-10-11-12-13-14-15-32-22(30)24(5-2,6-3)23(31)33-21-19(28)17(26)16(25)18(27)20(21)29/h4-15H2,1-3H3. The average molecular weight is 481 g/mol. The van der Waals surface area contributed by atoms with Crippen molar-refractivity contribution in [2.75, 3.05) is 6.61 Å². The summed E-state index contributed by atoms with van der Waals surface area (Å²) in [7, 11) is 0. The molecule has 0 atom stereocenters. The Morgan fingerprint density at radius 3 is 1.52 bits per heavy atom. The Morgan fingerprint density at radius 2 is 1.06 bits per heavy atom. The van der Waals surface area contributed by atoms with Gasteiger partial charge in [0.15, 0.2) is 5.41 Å². The number of hydrogen-bond acceptors (Lipinski definition) is 4. The van der Waals surface area contributed by atoms with Crippen LogP contribution in [0.15, 0.2) is 0 Å². The molecule has 0 N–H and O–H groups in total. The van der Waals surface area contributed by atoms with Gasteiger partial charge < -0.3 is 9.47 Å². The second-order valence-corrected chi connectivity index (χ2v) is 8.04. The zero-order valence-corrected chi connectivity index (χ0v) is 19.5. The van der Waals surface area contributed by atoms with Crippen molar-refractivity contribution in [2.45, 2.75) is 91.4 Å². The SMILES string of the molecule is CCCCCCCCCCCOC(=O)C(CC)(CC)C(=O)Oc1c(F)c(F)c(F)c(F)c1F. The molecule has 9 heteroatoms. The summed E-state index contributed by atoms with van der Waals surface area (Å²) in [6.45, 7) is 5.13. The van der Waals surface area contributed by atoms with E-state index in [-0.39, 0.29) is 19.4 Å². The van der Waals surface area contributed by atoms with Gasteiger partial charge in [-0.15, -0.1) is 0 Å². The Morgan fingerprint density at radius 1 is 0.636 bits per heavy atom. The first-order valence-corrected chi connectivity index (χ1v) is 11.6. The minimum absolute atomic E-state index is 0.0478. The van der Waals surface area contributed by atoms with Gasteiger partial charge in [-0.2, -0.15) is 8.78 Å². The maximum Gasteiger partial charge on any atom is 0.329 e. The smallest absolute Gasteiger partial charge is 0.329 e. The molecule has 0 aliphatic carbocycles. The lowest BCUT2D eigenvalue weighted by Crippen LogP contribution is -2.43. The van der Waals surface area contributed by atoms with Crippen molar-refractivity contribution < 1.29 is 41.0 Å². The van der Waals surface area contributed by atoms with Crippen LogP contribution in [0.4, 0.5) is 22.0 Å². The molecule has 0 bridgehead atoms. The number of ether oxygens (including phenoxy) is 2. The number of hydrogen-bond donors (Lipinski definition) is 0. The highest BCUT2D eigenvalue weighted by Gasteiger charge is 2.47. The van der Waals surface area contributed by atoms with E-state index in [1.165, 1.54) is 39.5 Å². The Kier molecular flexibility index (Phi) is 12.4. The molecule has 0 spiro atoms. The third kappa shape index (κ3) is 7.40. The van der Waals surface area contributed by atoms with Crippen LogP contribution in [0.2, 0.25) is 0 Å². The molecule has 0 amide bonds. The first-order valence-electron chi connectivity index (χ1n) is 11.6. The van der Waals surface area contributed by atoms with Gasteiger partial charge in [0.25, 0.3) is 0 Å². The van der Waals surface area contributed by atoms with E-state index < -0.39 is 52.2 Å². The number of esters is 2. The van der Waals surface area contributed by atoms with Crippen LogP contribution in [0.3, 0.4) is 0 Å². The molecule has 4 nitrogen and oxygen atoms in total. The third-order valence-corrected chi connectivity index (χ3v) is 5.83. The van der Waals surface area contributed by atoms with Crippen LogP contribution in [-0.2, 0) is 14.3 Å². The Labute approximate surface area is 191 Å². The molecule has 0 saturated heterocycles. The lowest BCUT2D eigenvalue weighted by Gasteiger charge is -2.27. The number of carbonyl (C=O) groups excluding carboxylic acids is 2. The lowest BCUT2D eigenvalue weighted by molar-refractivity contribution is -0.168. The molecule has 0 aliphatic rings. The molecular formula is C24H33F5O4. The Hall–Kier alpha value is -2.19. The molecule has 1 aromatic rings. The van der Waals surface area contributed by atoms with Gasteiger partial charge in [0, 0.05) is 0 Å². The lowest BCUT2D eigenvalue weighted by atomic mass is 9.82. The van der Waals surface area contributed by atoms with E-state index in [2.05, 4.69) is 11.7 Å². The average Bonchev–Trinajstić information content (AvgIpc) is 2.81. The molecule has 0 radical (unpaired) electrons. The van der Waals surface area contributed by atoms with E-state index in [0.29, 0.717) is 6.42 Å². The fourth-order valence-corrected chi connectivity index (χ4v) is 3.49. The summed E-state index contributed by atoms with van der Waals surface area (Å²) in [5.41, 5.74) is -1.93. The summed E-state index contributed by atoms with van der Waals surface area (Å²) in [6.07, 6.45) is 9.20. The second-order valence-electron chi connectivity index (χ2n) is 8.04. The van der Waals surface area contributed by atoms with Crippen molar-refractivity contribution in [3.05, 3.63) is 29.1 Å². The number of rotatable bonds is 15. The predicted octanol–water partition coefficient (Wildman–Crippen LogP) is 7.17. The number of halogens is 5. The highest BCUT2D eigenvalue weighted by atomic mass is 19.2. The summed E-state index contributed by atoms with van der Waals surface area (Å²) in [4.78, 5) is 25.3. The molecular weight excluding hydrogens is 447 g/mol. The van der Waals surface area contributed by atoms with E-state index in [1.807, 2.05) is 0 Å². The largest absolute Gasteiger partial charge is 0.465 e. The molecule has 0 aliphatic heterocycles. The highest BCUT2D eigenvalue weighted by molar-refractivity contribution is 6.00. The minimum Gasteiger partial charge on any atom is -0.465 e. The zero-order valence-electron chi connectivity index (χ0n) is 19.5. The quantitative estimate of drug-likeness (QED) is 0.0508. The molecule has 1 aromatic carbocycles. The topological polar surface area (TPSA) is 52.6 Å². The number of benzene rings is 1. The molecule has 0 heterocycles. The molecule has 188 valence electrons. The van der Waals surface area contributed by atoms with Crippen LogP contribution in [0, 0.1) is 34.5 Å². The maximum atomic E-state index is 13.9. The minimum atomic E-state index is -2.37. The van der Waals surface area contributed by atoms with Crippen molar-refractivity contribution in [1.29, 1.82) is 0 Å². The van der Waals surface area contributed by atoms with Gasteiger partial charge in [-0.05, 0) is 19.3 Å². The van der Waals surface area contributed by atoms with Gasteiger partial charge in [0.05, 0.1) is 6.61 Å². The highest BCUT2D eigenvalue weighted by Crippen LogP contribution is 2.34. The van der Waals surface area contributed by atoms with Crippen LogP contribution in [0.25, 0.3) is 0 Å². The van der Waals surface area contributed by atoms with E-state index in [1.54, 1.807) is 0 Å². The fourth-order valence-electron chi connectivity index (χ4n) is 3.49. The number of unbranched alkanes of at least 4 members (excludes halogenated alkanes) is 8. The summed E-state index contributed by atoms with van der Waals surface area (Å²) < 4.78 is 77.5. The van der Waals surface area contributed by atoms with Crippen LogP contribution >= 0.6 is 0 Å². The van der Waals surface area contributed by atoms with Crippen LogP contribution in [0.5, 0.6) is 5.75 Å². The maximum absolute atomic E-state index is 13.9. The molecule has 33 heavy (non-hydrogen) atoms. The van der Waals surface area contributed by atoms with Crippen LogP contribution < -0.4 is 4.74 Å². The first-order chi connectivity index (χ1) is 15.7.